The predicted octanol–water partition coefficient (Wildman–Crippen LogP) is 1.80. The number of hydrogen-bond donors (Lipinski definition) is 2. The van der Waals surface area contributed by atoms with Crippen LogP contribution in [0.1, 0.15) is 11.3 Å². The van der Waals surface area contributed by atoms with Gasteiger partial charge in [0, 0.05) is 11.6 Å². The second-order valence-electron chi connectivity index (χ2n) is 5.13. The lowest BCUT2D eigenvalue weighted by atomic mass is 10.1. The van der Waals surface area contributed by atoms with E-state index in [0.717, 1.165) is 0 Å². The molecule has 8 heteroatoms. The van der Waals surface area contributed by atoms with Crippen LogP contribution in [0.5, 0.6) is 0 Å². The number of nitriles is 1. The van der Waals surface area contributed by atoms with Crippen molar-refractivity contribution >= 4 is 24.0 Å². The van der Waals surface area contributed by atoms with Crippen molar-refractivity contribution in [2.45, 2.75) is 0 Å². The molecule has 1 aromatic heterocycles. The van der Waals surface area contributed by atoms with Crippen LogP contribution in [0, 0.1) is 11.3 Å². The summed E-state index contributed by atoms with van der Waals surface area (Å²) in [7, 11) is 0. The summed E-state index contributed by atoms with van der Waals surface area (Å²) in [5.41, 5.74) is 0.957. The lowest BCUT2D eigenvalue weighted by Gasteiger charge is -2.06. The number of imide groups is 1. The highest BCUT2D eigenvalue weighted by molar-refractivity contribution is 6.14. The number of carbonyl (C=O) groups is 3. The summed E-state index contributed by atoms with van der Waals surface area (Å²) in [6.45, 7) is -0.721. The molecule has 1 aliphatic heterocycles. The zero-order chi connectivity index (χ0) is 18.0. The first-order chi connectivity index (χ1) is 12.0. The molecule has 1 fully saturated rings. The van der Waals surface area contributed by atoms with Gasteiger partial charge in [0.2, 0.25) is 0 Å². The van der Waals surface area contributed by atoms with Crippen LogP contribution in [0.25, 0.3) is 17.4 Å². The van der Waals surface area contributed by atoms with E-state index < -0.39 is 24.5 Å². The number of benzene rings is 1. The molecule has 124 valence electrons. The number of carboxylic acid groups (broad SMARTS) is 1. The average molecular weight is 337 g/mol. The fourth-order valence-electron chi connectivity index (χ4n) is 2.36. The van der Waals surface area contributed by atoms with Crippen LogP contribution < -0.4 is 5.32 Å². The third kappa shape index (κ3) is 3.11. The molecule has 0 aliphatic carbocycles. The number of urea groups is 1. The van der Waals surface area contributed by atoms with E-state index in [1.807, 2.05) is 0 Å². The fraction of sp³-hybridized carbons (Fsp3) is 0.0588. The van der Waals surface area contributed by atoms with Gasteiger partial charge in [-0.05, 0) is 24.3 Å². The molecule has 0 bridgehead atoms. The van der Waals surface area contributed by atoms with Gasteiger partial charge >= 0.3 is 12.0 Å². The normalized spacial score (nSPS) is 15.3. The van der Waals surface area contributed by atoms with Crippen LogP contribution in [0.15, 0.2) is 46.5 Å². The van der Waals surface area contributed by atoms with Gasteiger partial charge in [-0.25, -0.2) is 9.69 Å². The first-order valence-electron chi connectivity index (χ1n) is 7.15. The second-order valence-corrected chi connectivity index (χ2v) is 5.13. The van der Waals surface area contributed by atoms with E-state index in [4.69, 9.17) is 14.8 Å². The van der Waals surface area contributed by atoms with Gasteiger partial charge in [-0.1, -0.05) is 12.1 Å². The number of carbonyl (C=O) groups excluding carboxylic acids is 2. The Morgan fingerprint density at radius 2 is 2.04 bits per heavy atom. The Kier molecular flexibility index (Phi) is 4.05. The number of amides is 3. The molecule has 1 aliphatic rings. The van der Waals surface area contributed by atoms with Crippen molar-refractivity contribution in [1.29, 1.82) is 5.26 Å². The topological polar surface area (TPSA) is 124 Å². The van der Waals surface area contributed by atoms with Crippen molar-refractivity contribution in [1.82, 2.24) is 10.2 Å². The summed E-state index contributed by atoms with van der Waals surface area (Å²) < 4.78 is 5.61. The quantitative estimate of drug-likeness (QED) is 0.647. The highest BCUT2D eigenvalue weighted by Crippen LogP contribution is 2.26. The summed E-state index contributed by atoms with van der Waals surface area (Å²) >= 11 is 0. The van der Waals surface area contributed by atoms with E-state index in [9.17, 15) is 14.4 Å². The van der Waals surface area contributed by atoms with E-state index in [1.54, 1.807) is 36.4 Å². The van der Waals surface area contributed by atoms with Gasteiger partial charge in [0.15, 0.2) is 0 Å². The fourth-order valence-corrected chi connectivity index (χ4v) is 2.36. The predicted molar refractivity (Wildman–Crippen MR) is 84.7 cm³/mol. The van der Waals surface area contributed by atoms with E-state index in [2.05, 4.69) is 11.4 Å². The summed E-state index contributed by atoms with van der Waals surface area (Å²) in [5, 5.41) is 20.2. The first-order valence-corrected chi connectivity index (χ1v) is 7.15. The highest BCUT2D eigenvalue weighted by atomic mass is 16.4. The number of furan rings is 1. The molecule has 2 N–H and O–H groups in total. The number of nitrogens with zero attached hydrogens (tertiary/aromatic N) is 2. The van der Waals surface area contributed by atoms with Gasteiger partial charge in [0.25, 0.3) is 5.91 Å². The van der Waals surface area contributed by atoms with Gasteiger partial charge in [-0.2, -0.15) is 5.26 Å². The van der Waals surface area contributed by atoms with Crippen molar-refractivity contribution in [2.75, 3.05) is 6.54 Å². The number of carboxylic acids is 1. The highest BCUT2D eigenvalue weighted by Gasteiger charge is 2.35. The van der Waals surface area contributed by atoms with Gasteiger partial charge in [-0.15, -0.1) is 0 Å². The van der Waals surface area contributed by atoms with Crippen molar-refractivity contribution < 1.29 is 23.9 Å². The maximum atomic E-state index is 12.1. The standard InChI is InChI=1S/C17H11N3O5/c18-8-10-3-1-2-4-12(10)14-6-5-11(25-14)7-13-16(23)20(9-15(21)22)17(24)19-13/h1-7H,9H2,(H,19,24)(H,21,22)/b13-7+. The molecule has 1 saturated heterocycles. The van der Waals surface area contributed by atoms with Crippen LogP contribution in [-0.2, 0) is 9.59 Å². The molecule has 1 aromatic carbocycles. The molecular weight excluding hydrogens is 326 g/mol. The van der Waals surface area contributed by atoms with Gasteiger partial charge in [0.1, 0.15) is 23.8 Å². The largest absolute Gasteiger partial charge is 0.480 e. The maximum absolute atomic E-state index is 12.1. The average Bonchev–Trinajstić information content (AvgIpc) is 3.15. The summed E-state index contributed by atoms with van der Waals surface area (Å²) in [6, 6.07) is 11.4. The molecule has 0 unspecified atom stereocenters. The number of nitrogens with one attached hydrogen (secondary N) is 1. The first kappa shape index (κ1) is 16.0. The Bertz CT molecular complexity index is 951. The molecule has 25 heavy (non-hydrogen) atoms. The zero-order valence-corrected chi connectivity index (χ0v) is 12.7. The van der Waals surface area contributed by atoms with Crippen molar-refractivity contribution in [3.05, 3.63) is 53.4 Å². The van der Waals surface area contributed by atoms with Crippen LogP contribution in [0.2, 0.25) is 0 Å². The van der Waals surface area contributed by atoms with Crippen LogP contribution >= 0.6 is 0 Å². The molecule has 2 heterocycles. The third-order valence-corrected chi connectivity index (χ3v) is 3.48. The Balaban J connectivity index is 1.88. The monoisotopic (exact) mass is 337 g/mol. The number of aliphatic carboxylic acids is 1. The van der Waals surface area contributed by atoms with Gasteiger partial charge in [0.05, 0.1) is 11.6 Å². The van der Waals surface area contributed by atoms with E-state index in [-0.39, 0.29) is 11.5 Å². The molecule has 0 spiro atoms. The molecule has 2 aromatic rings. The molecule has 0 atom stereocenters. The van der Waals surface area contributed by atoms with Crippen molar-refractivity contribution in [3.63, 3.8) is 0 Å². The van der Waals surface area contributed by atoms with Gasteiger partial charge in [-0.3, -0.25) is 9.59 Å². The SMILES string of the molecule is N#Cc1ccccc1-c1ccc(/C=C2/NC(=O)N(CC(=O)O)C2=O)o1. The Morgan fingerprint density at radius 1 is 1.28 bits per heavy atom. The number of hydrogen-bond acceptors (Lipinski definition) is 5. The smallest absolute Gasteiger partial charge is 0.329 e. The Labute approximate surface area is 141 Å². The minimum atomic E-state index is -1.29. The molecule has 0 saturated carbocycles. The van der Waals surface area contributed by atoms with Crippen LogP contribution in [0.4, 0.5) is 4.79 Å². The Hall–Kier alpha value is -3.86. The van der Waals surface area contributed by atoms with E-state index in [1.165, 1.54) is 6.08 Å². The maximum Gasteiger partial charge on any atom is 0.329 e. The van der Waals surface area contributed by atoms with E-state index >= 15 is 0 Å². The van der Waals surface area contributed by atoms with Crippen LogP contribution in [0.3, 0.4) is 0 Å². The molecule has 3 rings (SSSR count). The summed E-state index contributed by atoms with van der Waals surface area (Å²) in [5.74, 6) is -1.33. The van der Waals surface area contributed by atoms with Crippen molar-refractivity contribution in [2.24, 2.45) is 0 Å². The van der Waals surface area contributed by atoms with Crippen molar-refractivity contribution in [3.8, 4) is 17.4 Å². The van der Waals surface area contributed by atoms with E-state index in [0.29, 0.717) is 21.8 Å². The zero-order valence-electron chi connectivity index (χ0n) is 12.7. The van der Waals surface area contributed by atoms with Crippen LogP contribution in [-0.4, -0.2) is 34.5 Å². The lowest BCUT2D eigenvalue weighted by Crippen LogP contribution is -2.35. The summed E-state index contributed by atoms with van der Waals surface area (Å²) in [4.78, 5) is 35.0. The molecular formula is C17H11N3O5. The Morgan fingerprint density at radius 3 is 2.76 bits per heavy atom. The molecule has 3 amide bonds. The molecule has 8 nitrogen and oxygen atoms in total. The third-order valence-electron chi connectivity index (χ3n) is 3.48. The number of rotatable bonds is 4. The van der Waals surface area contributed by atoms with Gasteiger partial charge < -0.3 is 14.8 Å². The second kappa shape index (κ2) is 6.33. The molecule has 0 radical (unpaired) electrons. The lowest BCUT2D eigenvalue weighted by molar-refractivity contribution is -0.140. The minimum absolute atomic E-state index is 0.0827. The summed E-state index contributed by atoms with van der Waals surface area (Å²) in [6.07, 6.45) is 1.31. The minimum Gasteiger partial charge on any atom is -0.480 e.